The normalized spacial score (nSPS) is 10.6. The van der Waals surface area contributed by atoms with Crippen LogP contribution < -0.4 is 10.1 Å². The molecule has 0 saturated heterocycles. The number of rotatable bonds is 6. The van der Waals surface area contributed by atoms with E-state index in [1.165, 1.54) is 12.1 Å². The van der Waals surface area contributed by atoms with Crippen LogP contribution >= 0.6 is 0 Å². The van der Waals surface area contributed by atoms with Gasteiger partial charge in [-0.05, 0) is 35.9 Å². The Balaban J connectivity index is 1.64. The van der Waals surface area contributed by atoms with Crippen LogP contribution in [-0.2, 0) is 17.9 Å². The zero-order valence-electron chi connectivity index (χ0n) is 13.7. The summed E-state index contributed by atoms with van der Waals surface area (Å²) in [5.41, 5.74) is 2.00. The van der Waals surface area contributed by atoms with Crippen LogP contribution in [0.3, 0.4) is 0 Å². The summed E-state index contributed by atoms with van der Waals surface area (Å²) in [4.78, 5) is 23.0. The van der Waals surface area contributed by atoms with E-state index in [9.17, 15) is 9.59 Å². The van der Waals surface area contributed by atoms with Crippen LogP contribution in [0.25, 0.3) is 10.9 Å². The number of carbonyl (C=O) groups is 2. The Bertz CT molecular complexity index is 913. The van der Waals surface area contributed by atoms with E-state index in [-0.39, 0.29) is 18.0 Å². The Kier molecular flexibility index (Phi) is 4.70. The number of nitrogens with one attached hydrogen (secondary N) is 1. The summed E-state index contributed by atoms with van der Waals surface area (Å²) in [7, 11) is 1.62. The Morgan fingerprint density at radius 2 is 1.88 bits per heavy atom. The molecule has 128 valence electrons. The summed E-state index contributed by atoms with van der Waals surface area (Å²) in [6, 6.07) is 14.1. The van der Waals surface area contributed by atoms with E-state index < -0.39 is 5.97 Å². The van der Waals surface area contributed by atoms with Crippen LogP contribution in [0.5, 0.6) is 5.75 Å². The fourth-order valence-corrected chi connectivity index (χ4v) is 2.69. The van der Waals surface area contributed by atoms with Crippen molar-refractivity contribution in [3.63, 3.8) is 0 Å². The van der Waals surface area contributed by atoms with E-state index in [1.54, 1.807) is 19.2 Å². The average molecular weight is 338 g/mol. The minimum absolute atomic E-state index is 0.123. The van der Waals surface area contributed by atoms with Crippen molar-refractivity contribution in [3.05, 3.63) is 65.9 Å². The molecule has 0 spiro atoms. The molecule has 6 nitrogen and oxygen atoms in total. The minimum Gasteiger partial charge on any atom is -0.496 e. The number of fused-ring (bicyclic) bond motifs is 1. The van der Waals surface area contributed by atoms with Gasteiger partial charge in [-0.15, -0.1) is 0 Å². The highest BCUT2D eigenvalue weighted by Gasteiger charge is 2.09. The lowest BCUT2D eigenvalue weighted by molar-refractivity contribution is -0.121. The Morgan fingerprint density at radius 3 is 2.56 bits per heavy atom. The zero-order chi connectivity index (χ0) is 17.8. The number of ether oxygens (including phenoxy) is 1. The molecule has 2 N–H and O–H groups in total. The second kappa shape index (κ2) is 7.09. The lowest BCUT2D eigenvalue weighted by atomic mass is 10.1. The monoisotopic (exact) mass is 338 g/mol. The van der Waals surface area contributed by atoms with Crippen LogP contribution in [0.2, 0.25) is 0 Å². The van der Waals surface area contributed by atoms with Crippen molar-refractivity contribution in [2.45, 2.75) is 13.1 Å². The summed E-state index contributed by atoms with van der Waals surface area (Å²) in [6.45, 7) is 0.547. The van der Waals surface area contributed by atoms with Gasteiger partial charge in [0, 0.05) is 18.1 Å². The molecule has 0 radical (unpaired) electrons. The first-order valence-corrected chi connectivity index (χ1v) is 7.79. The molecule has 0 aliphatic heterocycles. The molecule has 0 bridgehead atoms. The number of carbonyl (C=O) groups excluding carboxylic acids is 1. The third-order valence-corrected chi connectivity index (χ3v) is 4.00. The number of amides is 1. The molecular weight excluding hydrogens is 320 g/mol. The Morgan fingerprint density at radius 1 is 1.12 bits per heavy atom. The number of nitrogens with zero attached hydrogens (tertiary/aromatic N) is 1. The van der Waals surface area contributed by atoms with Crippen molar-refractivity contribution in [2.75, 3.05) is 7.11 Å². The number of carboxylic acid groups (broad SMARTS) is 1. The van der Waals surface area contributed by atoms with Crippen LogP contribution in [-0.4, -0.2) is 28.7 Å². The molecule has 1 heterocycles. The van der Waals surface area contributed by atoms with Gasteiger partial charge < -0.3 is 19.7 Å². The Hall–Kier alpha value is -3.28. The molecule has 3 rings (SSSR count). The predicted octanol–water partition coefficient (Wildman–Crippen LogP) is 2.66. The van der Waals surface area contributed by atoms with Gasteiger partial charge in [-0.2, -0.15) is 0 Å². The first-order chi connectivity index (χ1) is 12.1. The van der Waals surface area contributed by atoms with Gasteiger partial charge in [0.2, 0.25) is 5.91 Å². The van der Waals surface area contributed by atoms with Crippen LogP contribution in [0, 0.1) is 0 Å². The van der Waals surface area contributed by atoms with Gasteiger partial charge in [-0.1, -0.05) is 18.2 Å². The highest BCUT2D eigenvalue weighted by Crippen LogP contribution is 2.26. The second-order valence-electron chi connectivity index (χ2n) is 5.62. The van der Waals surface area contributed by atoms with Gasteiger partial charge in [-0.25, -0.2) is 4.79 Å². The lowest BCUT2D eigenvalue weighted by Crippen LogP contribution is -2.26. The summed E-state index contributed by atoms with van der Waals surface area (Å²) in [5, 5.41) is 12.7. The smallest absolute Gasteiger partial charge is 0.335 e. The topological polar surface area (TPSA) is 80.6 Å². The number of hydrogen-bond acceptors (Lipinski definition) is 3. The van der Waals surface area contributed by atoms with Crippen LogP contribution in [0.4, 0.5) is 0 Å². The second-order valence-corrected chi connectivity index (χ2v) is 5.62. The van der Waals surface area contributed by atoms with Gasteiger partial charge >= 0.3 is 5.97 Å². The number of methoxy groups -OCH3 is 1. The van der Waals surface area contributed by atoms with Crippen LogP contribution in [0.1, 0.15) is 15.9 Å². The Labute approximate surface area is 144 Å². The summed E-state index contributed by atoms with van der Waals surface area (Å²) in [5.74, 6) is -0.316. The first kappa shape index (κ1) is 16.6. The summed E-state index contributed by atoms with van der Waals surface area (Å²) >= 11 is 0. The number of aromatic carboxylic acids is 1. The van der Waals surface area contributed by atoms with Crippen molar-refractivity contribution in [1.29, 1.82) is 0 Å². The molecule has 6 heteroatoms. The van der Waals surface area contributed by atoms with Crippen LogP contribution in [0.15, 0.2) is 54.7 Å². The number of benzene rings is 2. The standard InChI is InChI=1S/C19H18N2O4/c1-25-17-4-2-3-16-15(17)9-10-21(16)12-18(22)20-11-13-5-7-14(8-6-13)19(23)24/h2-10H,11-12H2,1H3,(H,20,22)(H,23,24). The van der Waals surface area contributed by atoms with E-state index in [0.29, 0.717) is 6.54 Å². The van der Waals surface area contributed by atoms with Gasteiger partial charge in [0.1, 0.15) is 12.3 Å². The zero-order valence-corrected chi connectivity index (χ0v) is 13.7. The quantitative estimate of drug-likeness (QED) is 0.724. The van der Waals surface area contributed by atoms with Gasteiger partial charge in [0.15, 0.2) is 0 Å². The van der Waals surface area contributed by atoms with E-state index in [1.807, 2.05) is 35.0 Å². The number of aromatic nitrogens is 1. The van der Waals surface area contributed by atoms with Crippen molar-refractivity contribution in [1.82, 2.24) is 9.88 Å². The average Bonchev–Trinajstić information content (AvgIpc) is 3.03. The molecule has 0 saturated carbocycles. The third kappa shape index (κ3) is 3.63. The minimum atomic E-state index is -0.967. The maximum absolute atomic E-state index is 12.2. The van der Waals surface area contributed by atoms with E-state index in [0.717, 1.165) is 22.2 Å². The molecule has 0 atom stereocenters. The van der Waals surface area contributed by atoms with Crippen molar-refractivity contribution in [3.8, 4) is 5.75 Å². The van der Waals surface area contributed by atoms with E-state index in [4.69, 9.17) is 9.84 Å². The van der Waals surface area contributed by atoms with Gasteiger partial charge in [0.05, 0.1) is 18.2 Å². The molecule has 2 aromatic carbocycles. The number of carboxylic acids is 1. The molecule has 25 heavy (non-hydrogen) atoms. The molecule has 3 aromatic rings. The highest BCUT2D eigenvalue weighted by atomic mass is 16.5. The third-order valence-electron chi connectivity index (χ3n) is 4.00. The predicted molar refractivity (Wildman–Crippen MR) is 93.7 cm³/mol. The molecule has 0 aliphatic carbocycles. The van der Waals surface area contributed by atoms with Crippen molar-refractivity contribution >= 4 is 22.8 Å². The number of hydrogen-bond donors (Lipinski definition) is 2. The molecule has 1 aromatic heterocycles. The fourth-order valence-electron chi connectivity index (χ4n) is 2.69. The summed E-state index contributed by atoms with van der Waals surface area (Å²) in [6.07, 6.45) is 1.86. The molecular formula is C19H18N2O4. The van der Waals surface area contributed by atoms with Gasteiger partial charge in [-0.3, -0.25) is 4.79 Å². The fraction of sp³-hybridized carbons (Fsp3) is 0.158. The van der Waals surface area contributed by atoms with E-state index >= 15 is 0 Å². The van der Waals surface area contributed by atoms with Crippen molar-refractivity contribution < 1.29 is 19.4 Å². The lowest BCUT2D eigenvalue weighted by Gasteiger charge is -2.08. The maximum Gasteiger partial charge on any atom is 0.335 e. The first-order valence-electron chi connectivity index (χ1n) is 7.79. The molecule has 1 amide bonds. The molecule has 0 fully saturated rings. The molecule has 0 aliphatic rings. The maximum atomic E-state index is 12.2. The van der Waals surface area contributed by atoms with Crippen molar-refractivity contribution in [2.24, 2.45) is 0 Å². The van der Waals surface area contributed by atoms with E-state index in [2.05, 4.69) is 5.32 Å². The highest BCUT2D eigenvalue weighted by molar-refractivity contribution is 5.88. The van der Waals surface area contributed by atoms with Gasteiger partial charge in [0.25, 0.3) is 0 Å². The molecule has 0 unspecified atom stereocenters. The summed E-state index contributed by atoms with van der Waals surface area (Å²) < 4.78 is 7.18. The largest absolute Gasteiger partial charge is 0.496 e. The SMILES string of the molecule is COc1cccc2c1ccn2CC(=O)NCc1ccc(C(=O)O)cc1.